The fraction of sp³-hybridized carbons (Fsp3) is 0.575. The van der Waals surface area contributed by atoms with Crippen LogP contribution in [0.5, 0.6) is 17.5 Å². The minimum atomic E-state index is -0.449. The standard InChI is InChI=1S/C40H48N10O3S/c1-49(2)26-45-37-29(20-41)33-30(54-37)6-4-8-40(33)7-3-5-28-34(48-53-35(28)40)36-46-31(19-32(47-36)52-27-21-43-25-44-22-27)51-24-39(9-10-39)23-50-17-13-38(14-18-50)11-15-42-16-12-38/h19,21-22,25-26,42H,3-18,23-24H2,1-2H3/t40-/m0/s1. The predicted octanol–water partition coefficient (Wildman–Crippen LogP) is 6.45. The minimum Gasteiger partial charge on any atom is -0.477 e. The highest BCUT2D eigenvalue weighted by Gasteiger charge is 2.49. The van der Waals surface area contributed by atoms with Crippen LogP contribution in [-0.2, 0) is 18.3 Å². The summed E-state index contributed by atoms with van der Waals surface area (Å²) in [5, 5.41) is 19.4. The normalized spacial score (nSPS) is 22.8. The summed E-state index contributed by atoms with van der Waals surface area (Å²) in [6, 6.07) is 4.27. The van der Waals surface area contributed by atoms with Crippen LogP contribution < -0.4 is 14.8 Å². The molecule has 4 aromatic rings. The van der Waals surface area contributed by atoms with Gasteiger partial charge >= 0.3 is 0 Å². The Morgan fingerprint density at radius 1 is 1.02 bits per heavy atom. The molecule has 282 valence electrons. The number of nitrogens with zero attached hydrogens (tertiary/aromatic N) is 9. The zero-order valence-electron chi connectivity index (χ0n) is 31.3. The average molecular weight is 749 g/mol. The van der Waals surface area contributed by atoms with E-state index in [0.717, 1.165) is 92.9 Å². The summed E-state index contributed by atoms with van der Waals surface area (Å²) in [6.45, 7) is 6.29. The number of piperidine rings is 2. The molecule has 54 heavy (non-hydrogen) atoms. The molecule has 1 saturated carbocycles. The molecular weight excluding hydrogens is 701 g/mol. The van der Waals surface area contributed by atoms with Gasteiger partial charge in [0, 0.05) is 36.5 Å². The number of ether oxygens (including phenoxy) is 2. The van der Waals surface area contributed by atoms with E-state index in [9.17, 15) is 5.26 Å². The largest absolute Gasteiger partial charge is 0.477 e. The van der Waals surface area contributed by atoms with E-state index in [0.29, 0.717) is 46.6 Å². The number of nitrogens with one attached hydrogen (secondary N) is 1. The number of aliphatic imine (C=N–C) groups is 1. The summed E-state index contributed by atoms with van der Waals surface area (Å²) in [7, 11) is 3.87. The molecule has 2 saturated heterocycles. The van der Waals surface area contributed by atoms with Crippen LogP contribution in [0.1, 0.15) is 91.5 Å². The zero-order valence-corrected chi connectivity index (χ0v) is 32.1. The van der Waals surface area contributed by atoms with Crippen LogP contribution in [0.3, 0.4) is 0 Å². The van der Waals surface area contributed by atoms with Crippen LogP contribution in [-0.4, -0.2) is 94.7 Å². The van der Waals surface area contributed by atoms with Crippen molar-refractivity contribution in [1.29, 1.82) is 5.26 Å². The minimum absolute atomic E-state index is 0.130. The van der Waals surface area contributed by atoms with Crippen LogP contribution in [0.15, 0.2) is 34.3 Å². The van der Waals surface area contributed by atoms with Gasteiger partial charge in [-0.1, -0.05) is 5.16 Å². The van der Waals surface area contributed by atoms with Crippen LogP contribution in [0.25, 0.3) is 11.5 Å². The van der Waals surface area contributed by atoms with E-state index in [-0.39, 0.29) is 5.41 Å². The third kappa shape index (κ3) is 6.75. The van der Waals surface area contributed by atoms with E-state index >= 15 is 0 Å². The number of likely N-dealkylation sites (tertiary alicyclic amines) is 1. The Morgan fingerprint density at radius 2 is 1.78 bits per heavy atom. The van der Waals surface area contributed by atoms with Crippen LogP contribution >= 0.6 is 11.3 Å². The third-order valence-corrected chi connectivity index (χ3v) is 13.7. The van der Waals surface area contributed by atoms with Gasteiger partial charge in [0.15, 0.2) is 23.0 Å². The molecule has 0 unspecified atom stereocenters. The van der Waals surface area contributed by atoms with Crippen molar-refractivity contribution < 1.29 is 14.0 Å². The van der Waals surface area contributed by atoms with Crippen molar-refractivity contribution >= 4 is 22.7 Å². The maximum absolute atomic E-state index is 10.5. The van der Waals surface area contributed by atoms with E-state index in [2.05, 4.69) is 31.4 Å². The molecular formula is C40H48N10O3S. The second-order valence-electron chi connectivity index (χ2n) is 16.4. The lowest BCUT2D eigenvalue weighted by atomic mass is 9.63. The van der Waals surface area contributed by atoms with Crippen molar-refractivity contribution in [2.45, 2.75) is 82.5 Å². The van der Waals surface area contributed by atoms with E-state index in [4.69, 9.17) is 29.0 Å². The molecule has 0 aromatic carbocycles. The first-order valence-corrected chi connectivity index (χ1v) is 20.3. The van der Waals surface area contributed by atoms with E-state index in [1.165, 1.54) is 50.0 Å². The molecule has 0 bridgehead atoms. The number of fused-ring (bicyclic) bond motifs is 4. The lowest BCUT2D eigenvalue weighted by Gasteiger charge is -2.45. The molecule has 3 aliphatic carbocycles. The third-order valence-electron chi connectivity index (χ3n) is 12.5. The summed E-state index contributed by atoms with van der Waals surface area (Å²) in [5.74, 6) is 2.45. The lowest BCUT2D eigenvalue weighted by molar-refractivity contribution is 0.0550. The molecule has 1 atom stereocenters. The average Bonchev–Trinajstić information content (AvgIpc) is 3.63. The second-order valence-corrected chi connectivity index (χ2v) is 17.5. The number of hydrogen-bond donors (Lipinski definition) is 1. The Labute approximate surface area is 320 Å². The first-order valence-electron chi connectivity index (χ1n) is 19.5. The molecule has 0 radical (unpaired) electrons. The number of thiophene rings is 1. The lowest BCUT2D eigenvalue weighted by Crippen LogP contribution is -2.47. The maximum atomic E-state index is 10.5. The van der Waals surface area contributed by atoms with Gasteiger partial charge in [-0.25, -0.2) is 15.0 Å². The van der Waals surface area contributed by atoms with Crippen molar-refractivity contribution in [3.63, 3.8) is 0 Å². The quantitative estimate of drug-likeness (QED) is 0.140. The van der Waals surface area contributed by atoms with Crippen LogP contribution in [0.2, 0.25) is 0 Å². The molecule has 6 heterocycles. The van der Waals surface area contributed by atoms with Gasteiger partial charge in [-0.15, -0.1) is 11.3 Å². The Morgan fingerprint density at radius 3 is 2.52 bits per heavy atom. The molecule has 0 amide bonds. The smallest absolute Gasteiger partial charge is 0.226 e. The van der Waals surface area contributed by atoms with Crippen molar-refractivity contribution in [2.24, 2.45) is 15.8 Å². The first kappa shape index (κ1) is 35.3. The highest BCUT2D eigenvalue weighted by molar-refractivity contribution is 7.16. The molecule has 14 heteroatoms. The number of nitriles is 1. The van der Waals surface area contributed by atoms with Gasteiger partial charge in [0.2, 0.25) is 11.8 Å². The number of aromatic nitrogens is 5. The Hall–Kier alpha value is -4.45. The molecule has 13 nitrogen and oxygen atoms in total. The fourth-order valence-corrected chi connectivity index (χ4v) is 10.6. The predicted molar refractivity (Wildman–Crippen MR) is 205 cm³/mol. The molecule has 2 spiro atoms. The van der Waals surface area contributed by atoms with Gasteiger partial charge < -0.3 is 29.1 Å². The summed E-state index contributed by atoms with van der Waals surface area (Å²) >= 11 is 1.62. The second kappa shape index (κ2) is 14.3. The van der Waals surface area contributed by atoms with Crippen molar-refractivity contribution in [3.8, 4) is 35.1 Å². The molecule has 3 fully saturated rings. The molecule has 1 N–H and O–H groups in total. The molecule has 5 aliphatic rings. The van der Waals surface area contributed by atoms with Crippen LogP contribution in [0.4, 0.5) is 5.00 Å². The van der Waals surface area contributed by atoms with Gasteiger partial charge in [-0.3, -0.25) is 0 Å². The Balaban J connectivity index is 1.00. The molecule has 9 rings (SSSR count). The topological polar surface area (TPSA) is 151 Å². The summed E-state index contributed by atoms with van der Waals surface area (Å²) in [5.41, 5.74) is 3.52. The van der Waals surface area contributed by atoms with Gasteiger partial charge in [-0.2, -0.15) is 15.2 Å². The maximum Gasteiger partial charge on any atom is 0.226 e. The van der Waals surface area contributed by atoms with Crippen molar-refractivity contribution in [3.05, 3.63) is 52.1 Å². The van der Waals surface area contributed by atoms with Crippen molar-refractivity contribution in [2.75, 3.05) is 53.4 Å². The van der Waals surface area contributed by atoms with E-state index in [1.54, 1.807) is 36.1 Å². The summed E-state index contributed by atoms with van der Waals surface area (Å²) in [4.78, 5) is 28.5. The van der Waals surface area contributed by atoms with Gasteiger partial charge in [0.05, 0.1) is 42.4 Å². The van der Waals surface area contributed by atoms with E-state index in [1.807, 2.05) is 19.0 Å². The van der Waals surface area contributed by atoms with Crippen molar-refractivity contribution in [1.82, 2.24) is 40.2 Å². The summed E-state index contributed by atoms with van der Waals surface area (Å²) < 4.78 is 19.1. The highest BCUT2D eigenvalue weighted by atomic mass is 32.1. The SMILES string of the molecule is CN(C)C=Nc1sc2c(c1C#N)[C@@]1(CCC2)CCCc2c(-c3nc(OCC4(CN5CCC6(CCNCC6)CC5)CC4)cc(Oc4cncnc4)n3)noc21. The van der Waals surface area contributed by atoms with Crippen LogP contribution in [0, 0.1) is 22.2 Å². The highest BCUT2D eigenvalue weighted by Crippen LogP contribution is 2.56. The van der Waals surface area contributed by atoms with Gasteiger partial charge in [-0.05, 0) is 114 Å². The fourth-order valence-electron chi connectivity index (χ4n) is 9.40. The Bertz CT molecular complexity index is 2050. The molecule has 2 aliphatic heterocycles. The zero-order chi connectivity index (χ0) is 36.8. The van der Waals surface area contributed by atoms with Gasteiger partial charge in [0.25, 0.3) is 0 Å². The van der Waals surface area contributed by atoms with Gasteiger partial charge in [0.1, 0.15) is 17.4 Å². The number of hydrogen-bond acceptors (Lipinski definition) is 13. The summed E-state index contributed by atoms with van der Waals surface area (Å²) in [6.07, 6.45) is 19.3. The number of aryl methyl sites for hydroxylation is 1. The monoisotopic (exact) mass is 748 g/mol. The number of rotatable bonds is 10. The Kier molecular flexibility index (Phi) is 9.35. The van der Waals surface area contributed by atoms with E-state index < -0.39 is 5.41 Å². The first-order chi connectivity index (χ1) is 26.4. The molecule has 4 aromatic heterocycles.